The van der Waals surface area contributed by atoms with Crippen molar-refractivity contribution in [2.45, 2.75) is 19.9 Å². The van der Waals surface area contributed by atoms with Crippen LogP contribution >= 0.6 is 0 Å². The van der Waals surface area contributed by atoms with E-state index in [1.807, 2.05) is 31.2 Å². The van der Waals surface area contributed by atoms with Crippen molar-refractivity contribution >= 4 is 23.8 Å². The molecule has 7 heteroatoms. The summed E-state index contributed by atoms with van der Waals surface area (Å²) in [6.45, 7) is 2.39. The molecular formula is C20H22N4O3. The maximum Gasteiger partial charge on any atom is 0.253 e. The monoisotopic (exact) mass is 366 g/mol. The molecule has 0 saturated heterocycles. The van der Waals surface area contributed by atoms with E-state index < -0.39 is 0 Å². The van der Waals surface area contributed by atoms with Gasteiger partial charge in [-0.2, -0.15) is 0 Å². The molecule has 0 unspecified atom stereocenters. The zero-order valence-corrected chi connectivity index (χ0v) is 15.6. The lowest BCUT2D eigenvalue weighted by Gasteiger charge is -2.13. The maximum atomic E-state index is 12.6. The summed E-state index contributed by atoms with van der Waals surface area (Å²) in [4.78, 5) is 29.8. The largest absolute Gasteiger partial charge is 0.497 e. The molecule has 3 aromatic rings. The van der Waals surface area contributed by atoms with E-state index in [-0.39, 0.29) is 5.91 Å². The van der Waals surface area contributed by atoms with Gasteiger partial charge in [0.2, 0.25) is 6.41 Å². The van der Waals surface area contributed by atoms with Crippen molar-refractivity contribution in [1.82, 2.24) is 14.7 Å². The summed E-state index contributed by atoms with van der Waals surface area (Å²) in [6.07, 6.45) is 3.13. The summed E-state index contributed by atoms with van der Waals surface area (Å²) in [7, 11) is 3.29. The molecule has 27 heavy (non-hydrogen) atoms. The first kappa shape index (κ1) is 18.4. The zero-order chi connectivity index (χ0) is 19.4. The number of benzene rings is 1. The Morgan fingerprint density at radius 1 is 1.26 bits per heavy atom. The molecule has 2 heterocycles. The Morgan fingerprint density at radius 3 is 2.63 bits per heavy atom. The van der Waals surface area contributed by atoms with E-state index >= 15 is 0 Å². The number of amides is 2. The highest BCUT2D eigenvalue weighted by Gasteiger charge is 2.16. The molecular weight excluding hydrogens is 344 g/mol. The smallest absolute Gasteiger partial charge is 0.253 e. The number of ether oxygens (including phenoxy) is 1. The van der Waals surface area contributed by atoms with E-state index in [0.717, 1.165) is 23.4 Å². The summed E-state index contributed by atoms with van der Waals surface area (Å²) < 4.78 is 6.90. The normalized spacial score (nSPS) is 10.6. The van der Waals surface area contributed by atoms with Gasteiger partial charge in [-0.25, -0.2) is 4.98 Å². The fourth-order valence-electron chi connectivity index (χ4n) is 2.90. The van der Waals surface area contributed by atoms with Crippen molar-refractivity contribution in [2.75, 3.05) is 19.1 Å². The van der Waals surface area contributed by atoms with Gasteiger partial charge < -0.3 is 15.0 Å². The Morgan fingerprint density at radius 2 is 2.00 bits per heavy atom. The molecule has 0 atom stereocenters. The molecule has 3 rings (SSSR count). The van der Waals surface area contributed by atoms with E-state index in [9.17, 15) is 9.59 Å². The van der Waals surface area contributed by atoms with Gasteiger partial charge in [-0.1, -0.05) is 19.1 Å². The summed E-state index contributed by atoms with van der Waals surface area (Å²) >= 11 is 0. The van der Waals surface area contributed by atoms with Gasteiger partial charge >= 0.3 is 0 Å². The van der Waals surface area contributed by atoms with E-state index in [1.54, 1.807) is 36.9 Å². The van der Waals surface area contributed by atoms with Gasteiger partial charge in [0.1, 0.15) is 17.2 Å². The van der Waals surface area contributed by atoms with E-state index in [2.05, 4.69) is 10.3 Å². The lowest BCUT2D eigenvalue weighted by atomic mass is 10.2. The van der Waals surface area contributed by atoms with Gasteiger partial charge in [-0.15, -0.1) is 0 Å². The minimum absolute atomic E-state index is 0.195. The van der Waals surface area contributed by atoms with Gasteiger partial charge in [0.25, 0.3) is 5.91 Å². The third-order valence-electron chi connectivity index (χ3n) is 4.36. The second kappa shape index (κ2) is 7.90. The highest BCUT2D eigenvalue weighted by Crippen LogP contribution is 2.22. The quantitative estimate of drug-likeness (QED) is 0.652. The number of fused-ring (bicyclic) bond motifs is 1. The Balaban J connectivity index is 1.82. The van der Waals surface area contributed by atoms with Crippen molar-refractivity contribution < 1.29 is 14.3 Å². The van der Waals surface area contributed by atoms with Crippen molar-refractivity contribution in [3.05, 3.63) is 59.4 Å². The first-order chi connectivity index (χ1) is 13.1. The van der Waals surface area contributed by atoms with E-state index in [4.69, 9.17) is 4.74 Å². The number of carbonyl (C=O) groups is 2. The highest BCUT2D eigenvalue weighted by molar-refractivity contribution is 5.94. The average Bonchev–Trinajstić information content (AvgIpc) is 3.09. The van der Waals surface area contributed by atoms with Crippen LogP contribution in [0.15, 0.2) is 42.6 Å². The second-order valence-corrected chi connectivity index (χ2v) is 6.13. The molecule has 140 valence electrons. The molecule has 1 N–H and O–H groups in total. The lowest BCUT2D eigenvalue weighted by Crippen LogP contribution is -2.23. The summed E-state index contributed by atoms with van der Waals surface area (Å²) in [5, 5.41) is 2.90. The number of nitrogens with zero attached hydrogens (tertiary/aromatic N) is 3. The van der Waals surface area contributed by atoms with Gasteiger partial charge in [0, 0.05) is 19.8 Å². The molecule has 0 bridgehead atoms. The second-order valence-electron chi connectivity index (χ2n) is 6.13. The molecule has 7 nitrogen and oxygen atoms in total. The number of nitrogens with one attached hydrogen (secondary N) is 1. The SMILES string of the molecule is CCc1nc2ccc(C(=O)NCc3ccc(OC)cc3)cn2c1N(C)C=O. The van der Waals surface area contributed by atoms with E-state index in [0.29, 0.717) is 30.0 Å². The third-order valence-corrected chi connectivity index (χ3v) is 4.36. The zero-order valence-electron chi connectivity index (χ0n) is 15.6. The van der Waals surface area contributed by atoms with Gasteiger partial charge in [-0.05, 0) is 36.2 Å². The fourth-order valence-corrected chi connectivity index (χ4v) is 2.90. The predicted molar refractivity (Wildman–Crippen MR) is 103 cm³/mol. The molecule has 0 spiro atoms. The van der Waals surface area contributed by atoms with Crippen molar-refractivity contribution in [2.24, 2.45) is 0 Å². The first-order valence-electron chi connectivity index (χ1n) is 8.67. The summed E-state index contributed by atoms with van der Waals surface area (Å²) in [5.41, 5.74) is 2.97. The molecule has 0 saturated carbocycles. The molecule has 2 aromatic heterocycles. The number of anilines is 1. The van der Waals surface area contributed by atoms with Crippen LogP contribution in [0.2, 0.25) is 0 Å². The van der Waals surface area contributed by atoms with Crippen LogP contribution in [-0.2, 0) is 17.8 Å². The highest BCUT2D eigenvalue weighted by atomic mass is 16.5. The van der Waals surface area contributed by atoms with Crippen LogP contribution < -0.4 is 15.0 Å². The van der Waals surface area contributed by atoms with Gasteiger partial charge in [-0.3, -0.25) is 14.0 Å². The van der Waals surface area contributed by atoms with Gasteiger partial charge in [0.05, 0.1) is 18.4 Å². The Hall–Kier alpha value is -3.35. The molecule has 0 radical (unpaired) electrons. The fraction of sp³-hybridized carbons (Fsp3) is 0.250. The Bertz CT molecular complexity index is 963. The molecule has 1 aromatic carbocycles. The van der Waals surface area contributed by atoms with Crippen molar-refractivity contribution in [1.29, 1.82) is 0 Å². The van der Waals surface area contributed by atoms with Crippen LogP contribution in [-0.4, -0.2) is 35.9 Å². The van der Waals surface area contributed by atoms with Crippen LogP contribution in [0.3, 0.4) is 0 Å². The number of aryl methyl sites for hydroxylation is 1. The summed E-state index contributed by atoms with van der Waals surface area (Å²) in [5.74, 6) is 1.25. The van der Waals surface area contributed by atoms with E-state index in [1.165, 1.54) is 4.90 Å². The minimum Gasteiger partial charge on any atom is -0.497 e. The minimum atomic E-state index is -0.195. The van der Waals surface area contributed by atoms with Crippen LogP contribution in [0.4, 0.5) is 5.82 Å². The molecule has 0 fully saturated rings. The molecule has 0 aliphatic rings. The van der Waals surface area contributed by atoms with Crippen LogP contribution in [0.1, 0.15) is 28.5 Å². The number of methoxy groups -OCH3 is 1. The number of rotatable bonds is 7. The first-order valence-corrected chi connectivity index (χ1v) is 8.67. The number of carbonyl (C=O) groups excluding carboxylic acids is 2. The van der Waals surface area contributed by atoms with Crippen molar-refractivity contribution in [3.63, 3.8) is 0 Å². The topological polar surface area (TPSA) is 75.9 Å². The average molecular weight is 366 g/mol. The van der Waals surface area contributed by atoms with Crippen molar-refractivity contribution in [3.8, 4) is 5.75 Å². The Kier molecular flexibility index (Phi) is 5.40. The maximum absolute atomic E-state index is 12.6. The van der Waals surface area contributed by atoms with Crippen LogP contribution in [0.25, 0.3) is 5.65 Å². The number of imidazole rings is 1. The van der Waals surface area contributed by atoms with Crippen LogP contribution in [0.5, 0.6) is 5.75 Å². The standard InChI is InChI=1S/C20H22N4O3/c1-4-17-20(23(2)13-25)24-12-15(7-10-18(24)22-17)19(26)21-11-14-5-8-16(27-3)9-6-14/h5-10,12-13H,4,11H2,1-3H3,(H,21,26). The molecule has 0 aliphatic carbocycles. The Labute approximate surface area is 157 Å². The van der Waals surface area contributed by atoms with Gasteiger partial charge in [0.15, 0.2) is 0 Å². The molecule has 2 amide bonds. The number of aromatic nitrogens is 2. The third kappa shape index (κ3) is 3.76. The van der Waals surface area contributed by atoms with Crippen LogP contribution in [0, 0.1) is 0 Å². The number of hydrogen-bond acceptors (Lipinski definition) is 4. The predicted octanol–water partition coefficient (Wildman–Crippen LogP) is 2.43. The number of hydrogen-bond donors (Lipinski definition) is 1. The lowest BCUT2D eigenvalue weighted by molar-refractivity contribution is -0.107. The number of pyridine rings is 1. The molecule has 0 aliphatic heterocycles. The summed E-state index contributed by atoms with van der Waals surface area (Å²) in [6, 6.07) is 11.0.